The number of hydrogen-bond donors (Lipinski definition) is 1. The first-order valence-corrected chi connectivity index (χ1v) is 10.4. The maximum absolute atomic E-state index is 5.36. The average Bonchev–Trinajstić information content (AvgIpc) is 3.07. The molecule has 1 fully saturated rings. The molecule has 26 heavy (non-hydrogen) atoms. The Kier molecular flexibility index (Phi) is 8.31. The van der Waals surface area contributed by atoms with Gasteiger partial charge < -0.3 is 19.7 Å². The SMILES string of the molecule is CCNC(=NCC1(CCOC)CCC1)N(C)Cc1csc(C(C)OC)n1. The standard InChI is InChI=1S/C19H34N4O2S/c1-6-20-18(21-14-19(8-7-9-19)10-11-24-4)23(3)12-16-13-26-17(22-16)15(2)25-5/h13,15H,6-12,14H2,1-5H3,(H,20,21). The van der Waals surface area contributed by atoms with E-state index in [9.17, 15) is 0 Å². The molecule has 1 atom stereocenters. The van der Waals surface area contributed by atoms with E-state index in [0.717, 1.165) is 49.3 Å². The van der Waals surface area contributed by atoms with E-state index >= 15 is 0 Å². The van der Waals surface area contributed by atoms with Gasteiger partial charge in [0.25, 0.3) is 0 Å². The van der Waals surface area contributed by atoms with Crippen LogP contribution in [0.1, 0.15) is 56.3 Å². The lowest BCUT2D eigenvalue weighted by Crippen LogP contribution is -2.41. The zero-order valence-corrected chi connectivity index (χ0v) is 17.7. The summed E-state index contributed by atoms with van der Waals surface area (Å²) < 4.78 is 10.6. The second kappa shape index (κ2) is 10.2. The first kappa shape index (κ1) is 21.1. The van der Waals surface area contributed by atoms with Crippen LogP contribution >= 0.6 is 11.3 Å². The van der Waals surface area contributed by atoms with Crippen LogP contribution in [0.2, 0.25) is 0 Å². The molecule has 1 unspecified atom stereocenters. The van der Waals surface area contributed by atoms with Crippen molar-refractivity contribution in [2.24, 2.45) is 10.4 Å². The van der Waals surface area contributed by atoms with Crippen LogP contribution < -0.4 is 5.32 Å². The van der Waals surface area contributed by atoms with E-state index in [1.165, 1.54) is 19.3 Å². The molecule has 1 aromatic heterocycles. The number of thiazole rings is 1. The molecule has 0 saturated heterocycles. The number of hydrogen-bond acceptors (Lipinski definition) is 5. The molecule has 0 amide bonds. The summed E-state index contributed by atoms with van der Waals surface area (Å²) in [5.41, 5.74) is 1.39. The predicted octanol–water partition coefficient (Wildman–Crippen LogP) is 3.45. The number of nitrogens with zero attached hydrogens (tertiary/aromatic N) is 3. The highest BCUT2D eigenvalue weighted by Crippen LogP contribution is 2.44. The second-order valence-corrected chi connectivity index (χ2v) is 8.07. The topological polar surface area (TPSA) is 59.0 Å². The number of ether oxygens (including phenoxy) is 2. The molecule has 148 valence electrons. The van der Waals surface area contributed by atoms with Crippen molar-refractivity contribution in [3.63, 3.8) is 0 Å². The van der Waals surface area contributed by atoms with E-state index in [2.05, 4.69) is 29.6 Å². The molecule has 0 bridgehead atoms. The van der Waals surface area contributed by atoms with Crippen LogP contribution in [-0.2, 0) is 16.0 Å². The van der Waals surface area contributed by atoms with Gasteiger partial charge >= 0.3 is 0 Å². The maximum Gasteiger partial charge on any atom is 0.194 e. The Morgan fingerprint density at radius 1 is 1.46 bits per heavy atom. The van der Waals surface area contributed by atoms with Gasteiger partial charge in [-0.3, -0.25) is 4.99 Å². The molecule has 2 rings (SSSR count). The molecule has 1 N–H and O–H groups in total. The zero-order valence-electron chi connectivity index (χ0n) is 16.9. The van der Waals surface area contributed by atoms with Gasteiger partial charge in [0.2, 0.25) is 0 Å². The first-order chi connectivity index (χ1) is 12.5. The van der Waals surface area contributed by atoms with E-state index in [1.807, 2.05) is 6.92 Å². The summed E-state index contributed by atoms with van der Waals surface area (Å²) in [4.78, 5) is 11.8. The molecule has 1 aliphatic carbocycles. The number of methoxy groups -OCH3 is 2. The smallest absolute Gasteiger partial charge is 0.194 e. The minimum atomic E-state index is 0.0419. The summed E-state index contributed by atoms with van der Waals surface area (Å²) in [5.74, 6) is 0.950. The van der Waals surface area contributed by atoms with E-state index in [-0.39, 0.29) is 6.10 Å². The summed E-state index contributed by atoms with van der Waals surface area (Å²) >= 11 is 1.65. The molecule has 1 aliphatic rings. The number of aliphatic imine (C=N–C) groups is 1. The highest BCUT2D eigenvalue weighted by atomic mass is 32.1. The molecule has 0 aromatic carbocycles. The fourth-order valence-electron chi connectivity index (χ4n) is 3.20. The van der Waals surface area contributed by atoms with Crippen molar-refractivity contribution in [2.75, 3.05) is 41.0 Å². The van der Waals surface area contributed by atoms with Crippen LogP contribution in [-0.4, -0.2) is 56.8 Å². The van der Waals surface area contributed by atoms with Crippen molar-refractivity contribution in [3.8, 4) is 0 Å². The molecular formula is C19H34N4O2S. The highest BCUT2D eigenvalue weighted by Gasteiger charge is 2.36. The van der Waals surface area contributed by atoms with Gasteiger partial charge in [-0.2, -0.15) is 0 Å². The van der Waals surface area contributed by atoms with E-state index < -0.39 is 0 Å². The molecule has 6 nitrogen and oxygen atoms in total. The van der Waals surface area contributed by atoms with Gasteiger partial charge in [0, 0.05) is 46.3 Å². The predicted molar refractivity (Wildman–Crippen MR) is 108 cm³/mol. The minimum Gasteiger partial charge on any atom is -0.385 e. The summed E-state index contributed by atoms with van der Waals surface area (Å²) in [5, 5.41) is 6.54. The fraction of sp³-hybridized carbons (Fsp3) is 0.789. The number of guanidine groups is 1. The van der Waals surface area contributed by atoms with Crippen LogP contribution in [0, 0.1) is 5.41 Å². The van der Waals surface area contributed by atoms with E-state index in [0.29, 0.717) is 5.41 Å². The lowest BCUT2D eigenvalue weighted by molar-refractivity contribution is 0.0776. The van der Waals surface area contributed by atoms with E-state index in [4.69, 9.17) is 19.5 Å². The Bertz CT molecular complexity index is 572. The summed E-state index contributed by atoms with van der Waals surface area (Å²) in [6.07, 6.45) is 4.96. The second-order valence-electron chi connectivity index (χ2n) is 7.18. The zero-order chi connectivity index (χ0) is 19.0. The Morgan fingerprint density at radius 2 is 2.23 bits per heavy atom. The highest BCUT2D eigenvalue weighted by molar-refractivity contribution is 7.09. The van der Waals surface area contributed by atoms with Gasteiger partial charge in [0.15, 0.2) is 5.96 Å². The van der Waals surface area contributed by atoms with Crippen molar-refractivity contribution in [2.45, 2.75) is 52.2 Å². The Balaban J connectivity index is 1.99. The number of aromatic nitrogens is 1. The van der Waals surface area contributed by atoms with Crippen molar-refractivity contribution >= 4 is 17.3 Å². The third-order valence-corrected chi connectivity index (χ3v) is 6.24. The third-order valence-electron chi connectivity index (χ3n) is 5.18. The van der Waals surface area contributed by atoms with Crippen LogP contribution in [0.3, 0.4) is 0 Å². The van der Waals surface area contributed by atoms with Gasteiger partial charge in [-0.25, -0.2) is 4.98 Å². The molecule has 1 heterocycles. The lowest BCUT2D eigenvalue weighted by atomic mass is 9.67. The molecule has 0 spiro atoms. The average molecular weight is 383 g/mol. The van der Waals surface area contributed by atoms with Crippen molar-refractivity contribution in [1.29, 1.82) is 0 Å². The van der Waals surface area contributed by atoms with Crippen molar-refractivity contribution in [1.82, 2.24) is 15.2 Å². The minimum absolute atomic E-state index is 0.0419. The van der Waals surface area contributed by atoms with Gasteiger partial charge in [0.1, 0.15) is 11.1 Å². The first-order valence-electron chi connectivity index (χ1n) is 9.49. The van der Waals surface area contributed by atoms with Gasteiger partial charge in [0.05, 0.1) is 12.2 Å². The Morgan fingerprint density at radius 3 is 2.81 bits per heavy atom. The maximum atomic E-state index is 5.36. The number of rotatable bonds is 10. The van der Waals surface area contributed by atoms with Gasteiger partial charge in [-0.05, 0) is 38.5 Å². The number of nitrogens with one attached hydrogen (secondary N) is 1. The molecule has 1 saturated carbocycles. The van der Waals surface area contributed by atoms with Crippen LogP contribution in [0.5, 0.6) is 0 Å². The van der Waals surface area contributed by atoms with Gasteiger partial charge in [-0.1, -0.05) is 6.42 Å². The molecule has 1 aromatic rings. The molecule has 0 radical (unpaired) electrons. The summed E-state index contributed by atoms with van der Waals surface area (Å²) in [6, 6.07) is 0. The van der Waals surface area contributed by atoms with Crippen molar-refractivity contribution in [3.05, 3.63) is 16.1 Å². The molecule has 7 heteroatoms. The fourth-order valence-corrected chi connectivity index (χ4v) is 4.04. The van der Waals surface area contributed by atoms with E-state index in [1.54, 1.807) is 25.6 Å². The normalized spacial score (nSPS) is 17.7. The molecule has 0 aliphatic heterocycles. The van der Waals surface area contributed by atoms with Crippen LogP contribution in [0.25, 0.3) is 0 Å². The monoisotopic (exact) mass is 382 g/mol. The Hall–Kier alpha value is -1.18. The summed E-state index contributed by atoms with van der Waals surface area (Å²) in [7, 11) is 5.57. The Labute approximate surface area is 162 Å². The van der Waals surface area contributed by atoms with Crippen molar-refractivity contribution < 1.29 is 9.47 Å². The quantitative estimate of drug-likeness (QED) is 0.496. The van der Waals surface area contributed by atoms with Crippen LogP contribution in [0.15, 0.2) is 10.4 Å². The largest absolute Gasteiger partial charge is 0.385 e. The molecular weight excluding hydrogens is 348 g/mol. The summed E-state index contributed by atoms with van der Waals surface area (Å²) in [6.45, 7) is 7.42. The van der Waals surface area contributed by atoms with Crippen LogP contribution in [0.4, 0.5) is 0 Å². The van der Waals surface area contributed by atoms with Gasteiger partial charge in [-0.15, -0.1) is 11.3 Å². The third kappa shape index (κ3) is 5.66. The lowest BCUT2D eigenvalue weighted by Gasteiger charge is -2.41.